The molecule has 1 saturated heterocycles. The highest BCUT2D eigenvalue weighted by molar-refractivity contribution is 5.95. The Morgan fingerprint density at radius 1 is 1.32 bits per heavy atom. The highest BCUT2D eigenvalue weighted by Gasteiger charge is 2.66. The van der Waals surface area contributed by atoms with Crippen molar-refractivity contribution in [3.8, 4) is 5.75 Å². The first-order valence-corrected chi connectivity index (χ1v) is 9.38. The van der Waals surface area contributed by atoms with Crippen LogP contribution in [0.5, 0.6) is 5.75 Å². The predicted molar refractivity (Wildman–Crippen MR) is 101 cm³/mol. The third-order valence-corrected chi connectivity index (χ3v) is 5.93. The number of amides is 1. The van der Waals surface area contributed by atoms with E-state index in [0.29, 0.717) is 5.69 Å². The van der Waals surface area contributed by atoms with Crippen LogP contribution >= 0.6 is 0 Å². The Kier molecular flexibility index (Phi) is 5.76. The number of aromatic nitrogens is 2. The van der Waals surface area contributed by atoms with Gasteiger partial charge in [0.2, 0.25) is 5.82 Å². The van der Waals surface area contributed by atoms with Gasteiger partial charge in [0.25, 0.3) is 5.91 Å². The van der Waals surface area contributed by atoms with Crippen molar-refractivity contribution in [2.45, 2.75) is 44.6 Å². The lowest BCUT2D eigenvalue weighted by Crippen LogP contribution is -2.47. The summed E-state index contributed by atoms with van der Waals surface area (Å²) < 4.78 is 81.5. The first-order valence-electron chi connectivity index (χ1n) is 9.38. The Labute approximate surface area is 175 Å². The topological polar surface area (TPSA) is 65.4 Å². The van der Waals surface area contributed by atoms with Crippen molar-refractivity contribution in [3.63, 3.8) is 0 Å². The Morgan fingerprint density at radius 2 is 1.97 bits per heavy atom. The molecule has 3 rings (SSSR count). The highest BCUT2D eigenvalue weighted by Crippen LogP contribution is 2.55. The molecule has 1 N–H and O–H groups in total. The maximum atomic E-state index is 14.3. The van der Waals surface area contributed by atoms with E-state index in [1.165, 1.54) is 17.8 Å². The zero-order valence-electron chi connectivity index (χ0n) is 17.5. The van der Waals surface area contributed by atoms with Gasteiger partial charge in [-0.05, 0) is 19.9 Å². The number of nitrogens with zero attached hydrogens (tertiary/aromatic N) is 2. The minimum Gasteiger partial charge on any atom is -0.493 e. The van der Waals surface area contributed by atoms with Crippen LogP contribution < -0.4 is 10.1 Å². The average Bonchev–Trinajstić information content (AvgIpc) is 3.15. The van der Waals surface area contributed by atoms with E-state index >= 15 is 0 Å². The molecule has 1 aromatic heterocycles. The van der Waals surface area contributed by atoms with Gasteiger partial charge >= 0.3 is 6.18 Å². The van der Waals surface area contributed by atoms with Crippen LogP contribution in [0.3, 0.4) is 0 Å². The van der Waals surface area contributed by atoms with Crippen molar-refractivity contribution >= 4 is 11.7 Å². The quantitative estimate of drug-likeness (QED) is 0.717. The predicted octanol–water partition coefficient (Wildman–Crippen LogP) is 4.09. The number of hydrogen-bond donors (Lipinski definition) is 1. The lowest BCUT2D eigenvalue weighted by atomic mass is 9.77. The van der Waals surface area contributed by atoms with Crippen molar-refractivity contribution in [3.05, 3.63) is 41.4 Å². The average molecular weight is 447 g/mol. The second-order valence-electron chi connectivity index (χ2n) is 7.72. The van der Waals surface area contributed by atoms with Crippen LogP contribution in [0.4, 0.5) is 27.8 Å². The van der Waals surface area contributed by atoms with Gasteiger partial charge in [-0.15, -0.1) is 0 Å². The number of carbonyl (C=O) groups excluding carboxylic acids is 1. The van der Waals surface area contributed by atoms with Crippen molar-refractivity contribution in [1.82, 2.24) is 9.55 Å². The Hall–Kier alpha value is -2.69. The number of alkyl halides is 3. The molecule has 1 fully saturated rings. The molecule has 0 spiro atoms. The van der Waals surface area contributed by atoms with Gasteiger partial charge in [-0.3, -0.25) is 4.79 Å². The van der Waals surface area contributed by atoms with Gasteiger partial charge in [-0.1, -0.05) is 13.0 Å². The number of carbonyl (C=O) groups is 1. The molecule has 1 aliphatic heterocycles. The van der Waals surface area contributed by atoms with Crippen molar-refractivity contribution in [1.29, 1.82) is 0 Å². The molecule has 1 aliphatic rings. The number of anilines is 1. The second-order valence-corrected chi connectivity index (χ2v) is 7.72. The number of imidazole rings is 1. The zero-order chi connectivity index (χ0) is 23.3. The second kappa shape index (κ2) is 7.77. The fraction of sp³-hybridized carbons (Fsp3) is 0.500. The minimum absolute atomic E-state index is 0.0937. The summed E-state index contributed by atoms with van der Waals surface area (Å²) in [5, 5.41) is 2.53. The summed E-state index contributed by atoms with van der Waals surface area (Å²) in [6.45, 7) is 3.70. The lowest BCUT2D eigenvalue weighted by molar-refractivity contribution is -0.272. The zero-order valence-corrected chi connectivity index (χ0v) is 17.5. The number of rotatable bonds is 4. The lowest BCUT2D eigenvalue weighted by Gasteiger charge is -2.32. The molecular weight excluding hydrogens is 425 g/mol. The SMILES string of the molecule is COc1c([C@H]2[C@H](C(=O)Nc3c(C)ncn3C)O[C@@](C)(C(F)(F)F)[C@H]2C)ccc(F)c1F. The molecular formula is C20H22F5N3O3. The van der Waals surface area contributed by atoms with Gasteiger partial charge in [-0.25, -0.2) is 9.37 Å². The molecule has 170 valence electrons. The number of nitrogens with one attached hydrogen (secondary N) is 1. The van der Waals surface area contributed by atoms with Gasteiger partial charge in [-0.2, -0.15) is 17.6 Å². The number of aryl methyl sites for hydroxylation is 2. The molecule has 6 nitrogen and oxygen atoms in total. The van der Waals surface area contributed by atoms with Gasteiger partial charge in [0.05, 0.1) is 19.1 Å². The standard InChI is InChI=1S/C20H22F5N3O3/c1-9-13(11-6-7-12(21)14(22)15(11)30-5)16(31-19(9,3)20(23,24)25)18(29)27-17-10(2)26-8-28(17)4/h6-9,13,16H,1-5H3,(H,27,29)/t9-,13-,16+,19+/m0/s1. The van der Waals surface area contributed by atoms with Crippen LogP contribution in [0, 0.1) is 24.5 Å². The molecule has 0 aliphatic carbocycles. The van der Waals surface area contributed by atoms with Crippen LogP contribution in [0.1, 0.15) is 31.0 Å². The van der Waals surface area contributed by atoms with Crippen molar-refractivity contribution in [2.24, 2.45) is 13.0 Å². The molecule has 0 bridgehead atoms. The van der Waals surface area contributed by atoms with Crippen LogP contribution in [0.2, 0.25) is 0 Å². The molecule has 2 aromatic rings. The first-order chi connectivity index (χ1) is 14.3. The summed E-state index contributed by atoms with van der Waals surface area (Å²) in [6.07, 6.45) is -5.05. The number of hydrogen-bond acceptors (Lipinski definition) is 4. The van der Waals surface area contributed by atoms with Crippen LogP contribution in [0.25, 0.3) is 0 Å². The first kappa shape index (κ1) is 23.0. The summed E-state index contributed by atoms with van der Waals surface area (Å²) in [7, 11) is 2.67. The van der Waals surface area contributed by atoms with Crippen LogP contribution in [-0.2, 0) is 16.6 Å². The molecule has 0 radical (unpaired) electrons. The smallest absolute Gasteiger partial charge is 0.417 e. The van der Waals surface area contributed by atoms with Crippen molar-refractivity contribution < 1.29 is 36.2 Å². The normalized spacial score (nSPS) is 26.2. The molecule has 1 amide bonds. The number of halogens is 5. The van der Waals surface area contributed by atoms with E-state index in [1.807, 2.05) is 0 Å². The molecule has 11 heteroatoms. The van der Waals surface area contributed by atoms with Gasteiger partial charge in [0, 0.05) is 24.4 Å². The largest absolute Gasteiger partial charge is 0.493 e. The van der Waals surface area contributed by atoms with Crippen LogP contribution in [-0.4, -0.2) is 40.4 Å². The van der Waals surface area contributed by atoms with E-state index in [2.05, 4.69) is 10.3 Å². The summed E-state index contributed by atoms with van der Waals surface area (Å²) in [5.41, 5.74) is -2.36. The Balaban J connectivity index is 2.11. The Bertz CT molecular complexity index is 987. The number of ether oxygens (including phenoxy) is 2. The van der Waals surface area contributed by atoms with Crippen molar-refractivity contribution in [2.75, 3.05) is 12.4 Å². The summed E-state index contributed by atoms with van der Waals surface area (Å²) in [4.78, 5) is 17.1. The third kappa shape index (κ3) is 3.64. The van der Waals surface area contributed by atoms with E-state index in [9.17, 15) is 26.7 Å². The molecule has 1 aromatic carbocycles. The third-order valence-electron chi connectivity index (χ3n) is 5.93. The molecule has 0 unspecified atom stereocenters. The van der Waals surface area contributed by atoms with E-state index < -0.39 is 53.0 Å². The van der Waals surface area contributed by atoms with E-state index in [4.69, 9.17) is 9.47 Å². The maximum absolute atomic E-state index is 14.3. The minimum atomic E-state index is -4.83. The summed E-state index contributed by atoms with van der Waals surface area (Å²) in [5.74, 6) is -6.34. The van der Waals surface area contributed by atoms with E-state index in [-0.39, 0.29) is 11.4 Å². The van der Waals surface area contributed by atoms with Gasteiger partial charge < -0.3 is 19.4 Å². The van der Waals surface area contributed by atoms with Gasteiger partial charge in [0.1, 0.15) is 11.9 Å². The molecule has 0 saturated carbocycles. The summed E-state index contributed by atoms with van der Waals surface area (Å²) >= 11 is 0. The maximum Gasteiger partial charge on any atom is 0.417 e. The monoisotopic (exact) mass is 447 g/mol. The van der Waals surface area contributed by atoms with Crippen LogP contribution in [0.15, 0.2) is 18.5 Å². The van der Waals surface area contributed by atoms with E-state index in [1.54, 1.807) is 14.0 Å². The van der Waals surface area contributed by atoms with Gasteiger partial charge in [0.15, 0.2) is 17.2 Å². The summed E-state index contributed by atoms with van der Waals surface area (Å²) in [6, 6.07) is 1.89. The number of benzene rings is 1. The fourth-order valence-electron chi connectivity index (χ4n) is 3.95. The number of methoxy groups -OCH3 is 1. The fourth-order valence-corrected chi connectivity index (χ4v) is 3.95. The van der Waals surface area contributed by atoms with E-state index in [0.717, 1.165) is 26.2 Å². The molecule has 2 heterocycles. The Morgan fingerprint density at radius 3 is 2.48 bits per heavy atom. The molecule has 31 heavy (non-hydrogen) atoms. The molecule has 4 atom stereocenters. The highest BCUT2D eigenvalue weighted by atomic mass is 19.4.